The van der Waals surface area contributed by atoms with E-state index in [9.17, 15) is 4.79 Å². The molecular weight excluding hydrogens is 266 g/mol. The highest BCUT2D eigenvalue weighted by atomic mass is 16.5. The van der Waals surface area contributed by atoms with Crippen LogP contribution in [0.25, 0.3) is 0 Å². The van der Waals surface area contributed by atoms with Crippen molar-refractivity contribution >= 4 is 5.91 Å². The van der Waals surface area contributed by atoms with Crippen molar-refractivity contribution in [3.05, 3.63) is 35.9 Å². The Hall–Kier alpha value is -1.39. The van der Waals surface area contributed by atoms with Crippen LogP contribution >= 0.6 is 0 Å². The van der Waals surface area contributed by atoms with Gasteiger partial charge in [-0.3, -0.25) is 4.79 Å². The number of ether oxygens (including phenoxy) is 2. The van der Waals surface area contributed by atoms with E-state index in [0.29, 0.717) is 26.2 Å². The molecule has 1 aromatic rings. The number of hydrogen-bond acceptors (Lipinski definition) is 3. The van der Waals surface area contributed by atoms with Gasteiger partial charge < -0.3 is 14.8 Å². The summed E-state index contributed by atoms with van der Waals surface area (Å²) in [5, 5.41) is 2.93. The van der Waals surface area contributed by atoms with Crippen molar-refractivity contribution in [1.82, 2.24) is 5.32 Å². The summed E-state index contributed by atoms with van der Waals surface area (Å²) in [5.74, 6) is 0.109. The lowest BCUT2D eigenvalue weighted by Gasteiger charge is -2.10. The largest absolute Gasteiger partial charge is 0.379 e. The fraction of sp³-hybridized carbons (Fsp3) is 0.588. The summed E-state index contributed by atoms with van der Waals surface area (Å²) >= 11 is 0. The maximum atomic E-state index is 11.7. The zero-order chi connectivity index (χ0) is 14.8. The molecule has 1 saturated heterocycles. The third-order valence-corrected chi connectivity index (χ3v) is 3.60. The van der Waals surface area contributed by atoms with Gasteiger partial charge >= 0.3 is 0 Å². The zero-order valence-electron chi connectivity index (χ0n) is 12.6. The molecule has 0 aliphatic carbocycles. The van der Waals surface area contributed by atoms with Gasteiger partial charge in [0.05, 0.1) is 12.7 Å². The molecule has 1 amide bonds. The Kier molecular flexibility index (Phi) is 7.25. The van der Waals surface area contributed by atoms with Gasteiger partial charge in [0.15, 0.2) is 0 Å². The summed E-state index contributed by atoms with van der Waals surface area (Å²) in [5.41, 5.74) is 1.20. The van der Waals surface area contributed by atoms with E-state index >= 15 is 0 Å². The predicted octanol–water partition coefficient (Wildman–Crippen LogP) is 2.32. The molecule has 1 aromatic carbocycles. The fourth-order valence-corrected chi connectivity index (χ4v) is 2.38. The van der Waals surface area contributed by atoms with Crippen molar-refractivity contribution in [2.24, 2.45) is 0 Å². The van der Waals surface area contributed by atoms with E-state index in [-0.39, 0.29) is 12.0 Å². The van der Waals surface area contributed by atoms with Crippen molar-refractivity contribution in [2.75, 3.05) is 26.4 Å². The second kappa shape index (κ2) is 9.53. The van der Waals surface area contributed by atoms with E-state index in [1.165, 1.54) is 5.56 Å². The number of carbonyl (C=O) groups excluding carboxylic acids is 1. The van der Waals surface area contributed by atoms with Gasteiger partial charge in [0.25, 0.3) is 0 Å². The molecule has 21 heavy (non-hydrogen) atoms. The minimum absolute atomic E-state index is 0.109. The molecule has 1 aliphatic rings. The molecule has 0 aromatic heterocycles. The number of carbonyl (C=O) groups is 1. The summed E-state index contributed by atoms with van der Waals surface area (Å²) in [6.45, 7) is 2.91. The summed E-state index contributed by atoms with van der Waals surface area (Å²) in [4.78, 5) is 11.7. The SMILES string of the molecule is O=C(CCc1ccccc1)NCCCOCC1CCCO1. The summed E-state index contributed by atoms with van der Waals surface area (Å²) in [6, 6.07) is 10.1. The lowest BCUT2D eigenvalue weighted by Crippen LogP contribution is -2.25. The molecule has 0 saturated carbocycles. The highest BCUT2D eigenvalue weighted by molar-refractivity contribution is 5.76. The van der Waals surface area contributed by atoms with Crippen molar-refractivity contribution in [1.29, 1.82) is 0 Å². The van der Waals surface area contributed by atoms with Crippen molar-refractivity contribution in [3.8, 4) is 0 Å². The van der Waals surface area contributed by atoms with Gasteiger partial charge in [0.2, 0.25) is 5.91 Å². The molecule has 4 nitrogen and oxygen atoms in total. The van der Waals surface area contributed by atoms with Crippen molar-refractivity contribution in [3.63, 3.8) is 0 Å². The maximum Gasteiger partial charge on any atom is 0.220 e. The first kappa shape index (κ1) is 16.0. The predicted molar refractivity (Wildman–Crippen MR) is 82.2 cm³/mol. The number of aryl methyl sites for hydroxylation is 1. The Bertz CT molecular complexity index is 402. The van der Waals surface area contributed by atoms with E-state index < -0.39 is 0 Å². The topological polar surface area (TPSA) is 47.6 Å². The lowest BCUT2D eigenvalue weighted by molar-refractivity contribution is -0.121. The molecule has 1 aliphatic heterocycles. The van der Waals surface area contributed by atoms with E-state index in [1.54, 1.807) is 0 Å². The van der Waals surface area contributed by atoms with Crippen LogP contribution in [0.15, 0.2) is 30.3 Å². The molecule has 116 valence electrons. The van der Waals surface area contributed by atoms with Crippen LogP contribution in [0.4, 0.5) is 0 Å². The van der Waals surface area contributed by atoms with Crippen LogP contribution in [0.2, 0.25) is 0 Å². The molecule has 1 N–H and O–H groups in total. The molecule has 0 spiro atoms. The monoisotopic (exact) mass is 291 g/mol. The average Bonchev–Trinajstić information content (AvgIpc) is 3.03. The van der Waals surface area contributed by atoms with Gasteiger partial charge in [0, 0.05) is 26.2 Å². The second-order valence-electron chi connectivity index (χ2n) is 5.40. The van der Waals surface area contributed by atoms with Crippen LogP contribution in [0.5, 0.6) is 0 Å². The van der Waals surface area contributed by atoms with E-state index in [0.717, 1.165) is 32.3 Å². The standard InChI is InChI=1S/C17H25NO3/c19-17(10-9-15-6-2-1-3-7-15)18-11-5-12-20-14-16-8-4-13-21-16/h1-3,6-7,16H,4-5,8-14H2,(H,18,19). The molecule has 4 heteroatoms. The Balaban J connectivity index is 1.44. The highest BCUT2D eigenvalue weighted by Gasteiger charge is 2.14. The van der Waals surface area contributed by atoms with Gasteiger partial charge in [0.1, 0.15) is 0 Å². The minimum atomic E-state index is 0.109. The number of nitrogens with one attached hydrogen (secondary N) is 1. The molecule has 1 fully saturated rings. The molecule has 0 radical (unpaired) electrons. The van der Waals surface area contributed by atoms with Gasteiger partial charge in [-0.05, 0) is 31.2 Å². The van der Waals surface area contributed by atoms with Crippen molar-refractivity contribution < 1.29 is 14.3 Å². The van der Waals surface area contributed by atoms with Crippen LogP contribution in [0.1, 0.15) is 31.2 Å². The number of amides is 1. The normalized spacial score (nSPS) is 17.8. The third-order valence-electron chi connectivity index (χ3n) is 3.60. The average molecular weight is 291 g/mol. The second-order valence-corrected chi connectivity index (χ2v) is 5.40. The molecule has 1 heterocycles. The van der Waals surface area contributed by atoms with Gasteiger partial charge in [-0.15, -0.1) is 0 Å². The van der Waals surface area contributed by atoms with Crippen LogP contribution in [0, 0.1) is 0 Å². The first-order valence-electron chi connectivity index (χ1n) is 7.84. The molecule has 0 bridgehead atoms. The fourth-order valence-electron chi connectivity index (χ4n) is 2.38. The summed E-state index contributed by atoms with van der Waals surface area (Å²) < 4.78 is 11.0. The Morgan fingerprint density at radius 3 is 2.95 bits per heavy atom. The number of rotatable bonds is 9. The van der Waals surface area contributed by atoms with Gasteiger partial charge in [-0.1, -0.05) is 30.3 Å². The number of hydrogen-bond donors (Lipinski definition) is 1. The minimum Gasteiger partial charge on any atom is -0.379 e. The van der Waals surface area contributed by atoms with E-state index in [2.05, 4.69) is 5.32 Å². The Morgan fingerprint density at radius 2 is 2.19 bits per heavy atom. The smallest absolute Gasteiger partial charge is 0.220 e. The highest BCUT2D eigenvalue weighted by Crippen LogP contribution is 2.11. The zero-order valence-corrected chi connectivity index (χ0v) is 12.6. The number of benzene rings is 1. The summed E-state index contributed by atoms with van der Waals surface area (Å²) in [7, 11) is 0. The lowest BCUT2D eigenvalue weighted by atomic mass is 10.1. The first-order valence-corrected chi connectivity index (χ1v) is 7.84. The van der Waals surface area contributed by atoms with Gasteiger partial charge in [-0.2, -0.15) is 0 Å². The Labute approximate surface area is 126 Å². The van der Waals surface area contributed by atoms with Crippen LogP contribution in [0.3, 0.4) is 0 Å². The molecule has 1 unspecified atom stereocenters. The molecule has 1 atom stereocenters. The third kappa shape index (κ3) is 6.74. The molecule has 2 rings (SSSR count). The molecular formula is C17H25NO3. The Morgan fingerprint density at radius 1 is 1.33 bits per heavy atom. The first-order chi connectivity index (χ1) is 10.3. The van der Waals surface area contributed by atoms with Crippen LogP contribution in [-0.4, -0.2) is 38.4 Å². The van der Waals surface area contributed by atoms with Crippen molar-refractivity contribution in [2.45, 2.75) is 38.2 Å². The van der Waals surface area contributed by atoms with E-state index in [4.69, 9.17) is 9.47 Å². The summed E-state index contributed by atoms with van der Waals surface area (Å²) in [6.07, 6.45) is 4.72. The van der Waals surface area contributed by atoms with E-state index in [1.807, 2.05) is 30.3 Å². The van der Waals surface area contributed by atoms with Crippen LogP contribution < -0.4 is 5.32 Å². The van der Waals surface area contributed by atoms with Gasteiger partial charge in [-0.25, -0.2) is 0 Å². The maximum absolute atomic E-state index is 11.7. The quantitative estimate of drug-likeness (QED) is 0.710. The van der Waals surface area contributed by atoms with Crippen LogP contribution in [-0.2, 0) is 20.7 Å².